The van der Waals surface area contributed by atoms with Crippen LogP contribution in [0.15, 0.2) is 94.5 Å². The van der Waals surface area contributed by atoms with Crippen molar-refractivity contribution in [2.75, 3.05) is 10.2 Å². The molecule has 0 saturated heterocycles. The normalized spacial score (nSPS) is 10.1. The minimum absolute atomic E-state index is 0.779. The summed E-state index contributed by atoms with van der Waals surface area (Å²) in [4.78, 5) is 32.9. The number of thioether (sulfide) groups is 4. The summed E-state index contributed by atoms with van der Waals surface area (Å²) in [5, 5.41) is 4.74. The largest absolute Gasteiger partial charge is 0.231 e. The van der Waals surface area contributed by atoms with Crippen LogP contribution >= 0.6 is 47.0 Å². The molecule has 0 amide bonds. The monoisotopic (exact) mass is 472 g/mol. The second kappa shape index (κ2) is 13.9. The highest BCUT2D eigenvalue weighted by Gasteiger charge is 1.99. The average Bonchev–Trinajstić information content (AvgIpc) is 2.82. The molecule has 4 aromatic heterocycles. The Hall–Kier alpha value is -2.28. The van der Waals surface area contributed by atoms with Crippen LogP contribution in [0.25, 0.3) is 0 Å². The highest BCUT2D eigenvalue weighted by molar-refractivity contribution is 8.16. The maximum absolute atomic E-state index is 4.11. The Bertz CT molecular complexity index is 793. The van der Waals surface area contributed by atoms with Crippen molar-refractivity contribution in [1.29, 1.82) is 0 Å². The van der Waals surface area contributed by atoms with E-state index >= 15 is 0 Å². The van der Waals surface area contributed by atoms with Crippen LogP contribution in [-0.2, 0) is 0 Å². The van der Waals surface area contributed by atoms with E-state index in [1.165, 1.54) is 0 Å². The van der Waals surface area contributed by atoms with Crippen molar-refractivity contribution in [2.24, 2.45) is 0 Å². The molecule has 0 unspecified atom stereocenters. The van der Waals surface area contributed by atoms with Gasteiger partial charge in [0.15, 0.2) is 20.6 Å². The van der Waals surface area contributed by atoms with Gasteiger partial charge in [0.25, 0.3) is 0 Å². The van der Waals surface area contributed by atoms with Crippen LogP contribution in [0.5, 0.6) is 0 Å². The van der Waals surface area contributed by atoms with Crippen molar-refractivity contribution < 1.29 is 0 Å². The minimum Gasteiger partial charge on any atom is -0.231 e. The number of aromatic nitrogens is 8. The van der Waals surface area contributed by atoms with E-state index in [0.29, 0.717) is 0 Å². The molecule has 30 heavy (non-hydrogen) atoms. The van der Waals surface area contributed by atoms with Crippen LogP contribution in [-0.4, -0.2) is 50.0 Å². The van der Waals surface area contributed by atoms with Gasteiger partial charge in [0.1, 0.15) is 0 Å². The Morgan fingerprint density at radius 3 is 0.767 bits per heavy atom. The Balaban J connectivity index is 0.000000171. The first-order valence-corrected chi connectivity index (χ1v) is 12.4. The van der Waals surface area contributed by atoms with Gasteiger partial charge in [-0.15, -0.1) is 0 Å². The first-order chi connectivity index (χ1) is 14.9. The van der Waals surface area contributed by atoms with Gasteiger partial charge in [-0.3, -0.25) is 0 Å². The third-order valence-electron chi connectivity index (χ3n) is 2.92. The summed E-state index contributed by atoms with van der Waals surface area (Å²) >= 11 is 6.30. The molecule has 0 atom stereocenters. The van der Waals surface area contributed by atoms with Crippen LogP contribution in [0.3, 0.4) is 0 Å². The third kappa shape index (κ3) is 9.03. The summed E-state index contributed by atoms with van der Waals surface area (Å²) < 4.78 is 0. The van der Waals surface area contributed by atoms with Crippen molar-refractivity contribution in [3.05, 3.63) is 73.8 Å². The molecule has 12 heteroatoms. The zero-order chi connectivity index (χ0) is 20.7. The average molecular weight is 473 g/mol. The topological polar surface area (TPSA) is 103 Å². The van der Waals surface area contributed by atoms with Crippen molar-refractivity contribution in [3.63, 3.8) is 0 Å². The fraction of sp³-hybridized carbons (Fsp3) is 0.111. The molecule has 0 saturated carbocycles. The summed E-state index contributed by atoms with van der Waals surface area (Å²) in [6.45, 7) is 0. The molecule has 152 valence electrons. The van der Waals surface area contributed by atoms with E-state index in [4.69, 9.17) is 0 Å². The van der Waals surface area contributed by atoms with Crippen molar-refractivity contribution in [3.8, 4) is 0 Å². The van der Waals surface area contributed by atoms with Gasteiger partial charge in [-0.05, 0) is 24.3 Å². The fourth-order valence-electron chi connectivity index (χ4n) is 1.71. The Morgan fingerprint density at radius 2 is 0.567 bits per heavy atom. The first kappa shape index (κ1) is 22.4. The van der Waals surface area contributed by atoms with Gasteiger partial charge in [-0.25, -0.2) is 39.9 Å². The van der Waals surface area contributed by atoms with Crippen LogP contribution in [0.2, 0.25) is 0 Å². The molecule has 4 aromatic rings. The number of rotatable bonds is 8. The van der Waals surface area contributed by atoms with E-state index in [-0.39, 0.29) is 0 Å². The summed E-state index contributed by atoms with van der Waals surface area (Å²) in [6.07, 6.45) is 13.9. The lowest BCUT2D eigenvalue weighted by atomic mass is 10.7. The Labute approximate surface area is 191 Å². The van der Waals surface area contributed by atoms with Gasteiger partial charge in [-0.2, -0.15) is 0 Å². The van der Waals surface area contributed by atoms with Gasteiger partial charge in [-0.1, -0.05) is 47.0 Å². The molecule has 0 spiro atoms. The Morgan fingerprint density at radius 1 is 0.367 bits per heavy atom. The highest BCUT2D eigenvalue weighted by Crippen LogP contribution is 2.22. The van der Waals surface area contributed by atoms with Gasteiger partial charge in [0.05, 0.1) is 10.2 Å². The third-order valence-corrected chi connectivity index (χ3v) is 6.68. The molecule has 0 N–H and O–H groups in total. The summed E-state index contributed by atoms with van der Waals surface area (Å²) in [5.74, 6) is 0. The lowest BCUT2D eigenvalue weighted by Gasteiger charge is -1.98. The molecule has 0 aliphatic heterocycles. The van der Waals surface area contributed by atoms with Crippen LogP contribution in [0.4, 0.5) is 0 Å². The number of hydrogen-bond donors (Lipinski definition) is 0. The smallest absolute Gasteiger partial charge is 0.188 e. The Kier molecular flexibility index (Phi) is 10.3. The molecule has 0 aliphatic carbocycles. The summed E-state index contributed by atoms with van der Waals surface area (Å²) in [5.41, 5.74) is 0. The molecule has 0 aliphatic rings. The lowest BCUT2D eigenvalue weighted by molar-refractivity contribution is 0.965. The summed E-state index contributed by atoms with van der Waals surface area (Å²) in [7, 11) is 0. The summed E-state index contributed by atoms with van der Waals surface area (Å²) in [6, 6.07) is 7.21. The zero-order valence-corrected chi connectivity index (χ0v) is 18.8. The molecule has 8 nitrogen and oxygen atoms in total. The van der Waals surface area contributed by atoms with Crippen molar-refractivity contribution in [2.45, 2.75) is 20.6 Å². The van der Waals surface area contributed by atoms with E-state index < -0.39 is 0 Å². The predicted octanol–water partition coefficient (Wildman–Crippen LogP) is 4.22. The van der Waals surface area contributed by atoms with E-state index in [0.717, 1.165) is 30.8 Å². The molecule has 4 heterocycles. The van der Waals surface area contributed by atoms with Gasteiger partial charge < -0.3 is 0 Å². The van der Waals surface area contributed by atoms with Crippen LogP contribution in [0.1, 0.15) is 0 Å². The maximum Gasteiger partial charge on any atom is 0.188 e. The molecule has 0 radical (unpaired) electrons. The van der Waals surface area contributed by atoms with E-state index in [9.17, 15) is 0 Å². The fourth-order valence-corrected chi connectivity index (χ4v) is 4.95. The van der Waals surface area contributed by atoms with Gasteiger partial charge in [0, 0.05) is 49.6 Å². The second-order valence-corrected chi connectivity index (χ2v) is 9.44. The number of nitrogens with zero attached hydrogens (tertiary/aromatic N) is 8. The van der Waals surface area contributed by atoms with E-state index in [1.54, 1.807) is 121 Å². The molecular formula is C18H16N8S4. The predicted molar refractivity (Wildman–Crippen MR) is 121 cm³/mol. The van der Waals surface area contributed by atoms with Crippen molar-refractivity contribution in [1.82, 2.24) is 39.9 Å². The van der Waals surface area contributed by atoms with Crippen LogP contribution in [0, 0.1) is 0 Å². The lowest BCUT2D eigenvalue weighted by Crippen LogP contribution is -1.86. The second-order valence-electron chi connectivity index (χ2n) is 4.94. The number of hydrogen-bond acceptors (Lipinski definition) is 12. The van der Waals surface area contributed by atoms with E-state index in [2.05, 4.69) is 39.9 Å². The minimum atomic E-state index is 0.779. The highest BCUT2D eigenvalue weighted by atomic mass is 32.2. The quantitative estimate of drug-likeness (QED) is 0.208. The SMILES string of the molecule is c1cnc(SCSc2ncccn2)nc1.c1cnc(SCSc2ncccn2)nc1. The first-order valence-electron chi connectivity index (χ1n) is 8.49. The zero-order valence-electron chi connectivity index (χ0n) is 15.6. The standard InChI is InChI=1S/2C9H8N4S2/c2*1-3-10-8(11-4-1)14-7-15-9-12-5-2-6-13-9/h2*1-6H,7H2. The molecular weight excluding hydrogens is 457 g/mol. The molecule has 4 rings (SSSR count). The van der Waals surface area contributed by atoms with Gasteiger partial charge >= 0.3 is 0 Å². The maximum atomic E-state index is 4.11. The van der Waals surface area contributed by atoms with E-state index in [1.807, 2.05) is 0 Å². The molecule has 0 bridgehead atoms. The molecule has 0 fully saturated rings. The van der Waals surface area contributed by atoms with Gasteiger partial charge in [0.2, 0.25) is 0 Å². The van der Waals surface area contributed by atoms with Crippen molar-refractivity contribution >= 4 is 47.0 Å². The van der Waals surface area contributed by atoms with Crippen LogP contribution < -0.4 is 0 Å². The molecule has 0 aromatic carbocycles.